The van der Waals surface area contributed by atoms with Gasteiger partial charge in [-0.3, -0.25) is 9.59 Å². The maximum Gasteiger partial charge on any atom is 0.327 e. The van der Waals surface area contributed by atoms with Gasteiger partial charge in [-0.05, 0) is 11.8 Å². The fourth-order valence-electron chi connectivity index (χ4n) is 4.68. The molecule has 0 saturated carbocycles. The maximum atomic E-state index is 12.3. The fraction of sp³-hybridized carbons (Fsp3) is 0.868. The Hall–Kier alpha value is -2.54. The Morgan fingerprint density at radius 1 is 0.695 bits per heavy atom. The number of hydrogen-bond acceptors (Lipinski definition) is 17. The highest BCUT2D eigenvalue weighted by Crippen LogP contribution is 2.21. The summed E-state index contributed by atoms with van der Waals surface area (Å²) in [6, 6.07) is -0.933. The molecule has 2 heterocycles. The summed E-state index contributed by atoms with van der Waals surface area (Å²) >= 11 is 1.16. The number of aliphatic carboxylic acids is 1. The summed E-state index contributed by atoms with van der Waals surface area (Å²) in [5.41, 5.74) is 0.852. The van der Waals surface area contributed by atoms with Crippen LogP contribution in [0.25, 0.3) is 0 Å². The number of rotatable bonds is 40. The smallest absolute Gasteiger partial charge is 0.327 e. The van der Waals surface area contributed by atoms with Crippen molar-refractivity contribution in [1.29, 1.82) is 0 Å². The molecule has 2 amide bonds. The average Bonchev–Trinajstić information content (AvgIpc) is 3.66. The van der Waals surface area contributed by atoms with Crippen LogP contribution < -0.4 is 10.6 Å². The number of hydrogen-bond donors (Lipinski definition) is 3. The summed E-state index contributed by atoms with van der Waals surface area (Å²) in [7, 11) is 0. The van der Waals surface area contributed by atoms with Gasteiger partial charge < -0.3 is 67.8 Å². The van der Waals surface area contributed by atoms with Crippen molar-refractivity contribution in [3.05, 3.63) is 11.9 Å². The molecule has 20 nitrogen and oxygen atoms in total. The van der Waals surface area contributed by atoms with E-state index in [-0.39, 0.29) is 24.6 Å². The molecular weight excluding hydrogens is 799 g/mol. The van der Waals surface area contributed by atoms with Crippen molar-refractivity contribution in [2.24, 2.45) is 5.41 Å². The predicted molar refractivity (Wildman–Crippen MR) is 215 cm³/mol. The maximum absolute atomic E-state index is 12.3. The van der Waals surface area contributed by atoms with Gasteiger partial charge in [0, 0.05) is 18.8 Å². The first-order valence-electron chi connectivity index (χ1n) is 20.3. The summed E-state index contributed by atoms with van der Waals surface area (Å²) in [5, 5.41) is 21.6. The number of amides is 2. The van der Waals surface area contributed by atoms with Crippen molar-refractivity contribution in [3.8, 4) is 0 Å². The zero-order valence-corrected chi connectivity index (χ0v) is 36.1. The van der Waals surface area contributed by atoms with E-state index in [0.29, 0.717) is 156 Å². The predicted octanol–water partition coefficient (Wildman–Crippen LogP) is 0.588. The van der Waals surface area contributed by atoms with Crippen LogP contribution in [0, 0.1) is 5.41 Å². The van der Waals surface area contributed by atoms with Gasteiger partial charge in [-0.15, -0.1) is 16.9 Å². The lowest BCUT2D eigenvalue weighted by Gasteiger charge is -2.25. The highest BCUT2D eigenvalue weighted by atomic mass is 32.2. The molecule has 0 bridgehead atoms. The third kappa shape index (κ3) is 31.0. The second-order valence-electron chi connectivity index (χ2n) is 14.2. The second kappa shape index (κ2) is 35.1. The molecule has 2 unspecified atom stereocenters. The summed E-state index contributed by atoms with van der Waals surface area (Å²) in [6.45, 7) is 18.2. The molecular formula is C38H69N5O15S. The zero-order chi connectivity index (χ0) is 42.7. The van der Waals surface area contributed by atoms with E-state index in [1.54, 1.807) is 10.9 Å². The molecule has 3 N–H and O–H groups in total. The minimum atomic E-state index is -1.09. The molecule has 21 heteroatoms. The minimum absolute atomic E-state index is 0.0513. The molecule has 2 atom stereocenters. The minimum Gasteiger partial charge on any atom is -0.480 e. The highest BCUT2D eigenvalue weighted by molar-refractivity contribution is 8.00. The number of thioether (sulfide) groups is 1. The van der Waals surface area contributed by atoms with Gasteiger partial charge in [0.2, 0.25) is 11.8 Å². The number of nitrogens with one attached hydrogen (secondary N) is 2. The van der Waals surface area contributed by atoms with E-state index in [9.17, 15) is 14.4 Å². The molecule has 0 spiro atoms. The van der Waals surface area contributed by atoms with Crippen molar-refractivity contribution in [2.45, 2.75) is 58.0 Å². The molecule has 342 valence electrons. The SMILES string of the molecule is CC(C)(C)CCOCCOCCOCCOCCOCCOCCOCCOCCOCCOCCOCCn1cc(CNC(=O)CC2SCC(C(=O)O)NC2=O)nn1. The molecule has 1 aromatic heterocycles. The molecule has 0 aliphatic carbocycles. The summed E-state index contributed by atoms with van der Waals surface area (Å²) in [4.78, 5) is 35.3. The molecule has 1 aliphatic heterocycles. The van der Waals surface area contributed by atoms with E-state index < -0.39 is 23.2 Å². The quantitative estimate of drug-likeness (QED) is 0.0767. The number of carboxylic acid groups (broad SMARTS) is 1. The Labute approximate surface area is 352 Å². The Balaban J connectivity index is 1.21. The lowest BCUT2D eigenvalue weighted by Crippen LogP contribution is -2.51. The van der Waals surface area contributed by atoms with Crippen molar-refractivity contribution in [1.82, 2.24) is 25.6 Å². The monoisotopic (exact) mass is 867 g/mol. The largest absolute Gasteiger partial charge is 0.480 e. The Morgan fingerprint density at radius 2 is 1.08 bits per heavy atom. The van der Waals surface area contributed by atoms with Gasteiger partial charge in [0.15, 0.2) is 0 Å². The van der Waals surface area contributed by atoms with Crippen LogP contribution in [-0.4, -0.2) is 200 Å². The lowest BCUT2D eigenvalue weighted by molar-refractivity contribution is -0.141. The van der Waals surface area contributed by atoms with Gasteiger partial charge in [-0.25, -0.2) is 9.48 Å². The van der Waals surface area contributed by atoms with Crippen LogP contribution in [0.5, 0.6) is 0 Å². The third-order valence-corrected chi connectivity index (χ3v) is 9.28. The number of carbonyl (C=O) groups excluding carboxylic acids is 2. The Kier molecular flexibility index (Phi) is 31.3. The zero-order valence-electron chi connectivity index (χ0n) is 35.2. The van der Waals surface area contributed by atoms with E-state index in [2.05, 4.69) is 41.7 Å². The first kappa shape index (κ1) is 52.6. The first-order chi connectivity index (χ1) is 28.6. The van der Waals surface area contributed by atoms with Gasteiger partial charge in [0.1, 0.15) is 11.7 Å². The van der Waals surface area contributed by atoms with Crippen LogP contribution in [0.15, 0.2) is 6.20 Å². The van der Waals surface area contributed by atoms with Gasteiger partial charge in [-0.1, -0.05) is 26.0 Å². The number of ether oxygens (including phenoxy) is 11. The third-order valence-electron chi connectivity index (χ3n) is 7.98. The lowest BCUT2D eigenvalue weighted by atomic mass is 9.93. The summed E-state index contributed by atoms with van der Waals surface area (Å²) < 4.78 is 62.2. The number of carboxylic acids is 1. The Morgan fingerprint density at radius 3 is 1.46 bits per heavy atom. The van der Waals surface area contributed by atoms with Crippen LogP contribution in [0.2, 0.25) is 0 Å². The van der Waals surface area contributed by atoms with Crippen LogP contribution in [0.4, 0.5) is 0 Å². The van der Waals surface area contributed by atoms with Crippen LogP contribution in [0.1, 0.15) is 39.3 Å². The molecule has 1 aromatic rings. The molecule has 1 saturated heterocycles. The Bertz CT molecular complexity index is 1210. The number of carbonyl (C=O) groups is 3. The van der Waals surface area contributed by atoms with E-state index >= 15 is 0 Å². The first-order valence-corrected chi connectivity index (χ1v) is 21.3. The molecule has 2 rings (SSSR count). The molecule has 1 fully saturated rings. The normalized spacial score (nSPS) is 15.7. The van der Waals surface area contributed by atoms with Crippen molar-refractivity contribution < 1.29 is 71.6 Å². The molecule has 59 heavy (non-hydrogen) atoms. The summed E-state index contributed by atoms with van der Waals surface area (Å²) in [5.74, 6) is -1.66. The van der Waals surface area contributed by atoms with E-state index in [1.807, 2.05) is 0 Å². The van der Waals surface area contributed by atoms with Crippen LogP contribution >= 0.6 is 11.8 Å². The van der Waals surface area contributed by atoms with Gasteiger partial charge in [-0.2, -0.15) is 0 Å². The standard InChI is InChI=1S/C38H69N5O15S/c1-38(2,3)4-6-48-8-10-50-12-14-52-16-18-54-20-22-56-24-26-58-27-25-57-23-21-55-19-17-53-15-13-51-11-9-49-7-5-43-30-32(41-42-43)29-39-35(44)28-34-36(45)40-33(31-59-34)37(46)47/h30,33-34H,4-29,31H2,1-3H3,(H,39,44)(H,40,45)(H,46,47). The van der Waals surface area contributed by atoms with Crippen molar-refractivity contribution in [3.63, 3.8) is 0 Å². The van der Waals surface area contributed by atoms with E-state index in [0.717, 1.165) is 24.8 Å². The van der Waals surface area contributed by atoms with E-state index in [1.165, 1.54) is 0 Å². The van der Waals surface area contributed by atoms with Crippen LogP contribution in [0.3, 0.4) is 0 Å². The highest BCUT2D eigenvalue weighted by Gasteiger charge is 2.33. The van der Waals surface area contributed by atoms with Crippen molar-refractivity contribution >= 4 is 29.5 Å². The van der Waals surface area contributed by atoms with Gasteiger partial charge in [0.25, 0.3) is 0 Å². The van der Waals surface area contributed by atoms with Gasteiger partial charge in [0.05, 0.1) is 163 Å². The van der Waals surface area contributed by atoms with Crippen molar-refractivity contribution in [2.75, 3.05) is 151 Å². The average molecular weight is 868 g/mol. The van der Waals surface area contributed by atoms with Gasteiger partial charge >= 0.3 is 5.97 Å². The van der Waals surface area contributed by atoms with E-state index in [4.69, 9.17) is 57.2 Å². The molecule has 0 aromatic carbocycles. The van der Waals surface area contributed by atoms with Crippen LogP contribution in [-0.2, 0) is 79.6 Å². The topological polar surface area (TPSA) is 228 Å². The number of nitrogens with zero attached hydrogens (tertiary/aromatic N) is 3. The molecule has 0 radical (unpaired) electrons. The fourth-order valence-corrected chi connectivity index (χ4v) is 5.81. The summed E-state index contributed by atoms with van der Waals surface area (Å²) in [6.07, 6.45) is 2.69. The second-order valence-corrected chi connectivity index (χ2v) is 15.5. The number of aromatic nitrogens is 3. The molecule has 1 aliphatic rings.